The van der Waals surface area contributed by atoms with Crippen LogP contribution < -0.4 is 0 Å². The summed E-state index contributed by atoms with van der Waals surface area (Å²) in [5, 5.41) is 0. The molecule has 0 spiro atoms. The lowest BCUT2D eigenvalue weighted by Crippen LogP contribution is -2.12. The van der Waals surface area contributed by atoms with E-state index < -0.39 is 21.9 Å². The van der Waals surface area contributed by atoms with Gasteiger partial charge >= 0.3 is 16.1 Å². The molecule has 0 amide bonds. The van der Waals surface area contributed by atoms with Crippen molar-refractivity contribution in [2.24, 2.45) is 0 Å². The number of H-pyrrole nitrogens is 1. The standard InChI is InChI=1S/C12H11FN2O4S/c1-7-10(12(16)19-20(2,17)18)15-11(14-7)8-4-3-5-9(13)6-8/h3-6H,1-2H3,(H,14,15). The molecule has 2 rings (SSSR count). The molecular weight excluding hydrogens is 287 g/mol. The van der Waals surface area contributed by atoms with Crippen LogP contribution in [0.25, 0.3) is 11.4 Å². The number of carbonyl (C=O) groups excluding carboxylic acids is 1. The summed E-state index contributed by atoms with van der Waals surface area (Å²) in [6, 6.07) is 5.62. The summed E-state index contributed by atoms with van der Waals surface area (Å²) in [7, 11) is -3.91. The number of nitrogens with one attached hydrogen (secondary N) is 1. The van der Waals surface area contributed by atoms with Crippen LogP contribution in [-0.2, 0) is 14.3 Å². The molecule has 2 aromatic rings. The first kappa shape index (κ1) is 14.2. The number of halogens is 1. The van der Waals surface area contributed by atoms with Crippen molar-refractivity contribution in [2.45, 2.75) is 6.92 Å². The molecule has 0 saturated carbocycles. The molecule has 0 atom stereocenters. The van der Waals surface area contributed by atoms with Gasteiger partial charge in [-0.25, -0.2) is 14.2 Å². The molecule has 1 aromatic heterocycles. The number of hydrogen-bond donors (Lipinski definition) is 1. The normalized spacial score (nSPS) is 11.3. The van der Waals surface area contributed by atoms with Crippen LogP contribution in [0.1, 0.15) is 16.2 Å². The van der Waals surface area contributed by atoms with Gasteiger partial charge in [0.1, 0.15) is 11.6 Å². The number of aromatic nitrogens is 2. The third-order valence-corrected chi connectivity index (χ3v) is 2.86. The smallest absolute Gasteiger partial charge is 0.341 e. The number of imidazole rings is 1. The Bertz CT molecular complexity index is 768. The Kier molecular flexibility index (Phi) is 3.58. The van der Waals surface area contributed by atoms with Crippen LogP contribution >= 0.6 is 0 Å². The van der Waals surface area contributed by atoms with Crippen molar-refractivity contribution in [1.29, 1.82) is 0 Å². The number of aromatic amines is 1. The number of rotatable bonds is 3. The van der Waals surface area contributed by atoms with Crippen molar-refractivity contribution in [3.63, 3.8) is 0 Å². The molecule has 0 radical (unpaired) electrons. The van der Waals surface area contributed by atoms with Gasteiger partial charge in [-0.05, 0) is 19.1 Å². The minimum absolute atomic E-state index is 0.158. The number of benzene rings is 1. The Morgan fingerprint density at radius 3 is 2.70 bits per heavy atom. The van der Waals surface area contributed by atoms with Gasteiger partial charge in [0.05, 0.1) is 6.26 Å². The molecule has 0 aliphatic heterocycles. The van der Waals surface area contributed by atoms with E-state index in [1.165, 1.54) is 25.1 Å². The topological polar surface area (TPSA) is 89.1 Å². The maximum absolute atomic E-state index is 13.1. The van der Waals surface area contributed by atoms with Gasteiger partial charge in [-0.2, -0.15) is 8.42 Å². The van der Waals surface area contributed by atoms with Crippen molar-refractivity contribution in [3.8, 4) is 11.4 Å². The average molecular weight is 298 g/mol. The first-order valence-electron chi connectivity index (χ1n) is 5.52. The van der Waals surface area contributed by atoms with Crippen molar-refractivity contribution in [3.05, 3.63) is 41.5 Å². The highest BCUT2D eigenvalue weighted by molar-refractivity contribution is 7.86. The van der Waals surface area contributed by atoms with Crippen LogP contribution in [0.2, 0.25) is 0 Å². The molecule has 1 aromatic carbocycles. The highest BCUT2D eigenvalue weighted by Gasteiger charge is 2.20. The fraction of sp³-hybridized carbons (Fsp3) is 0.167. The Labute approximate surface area is 114 Å². The molecule has 0 fully saturated rings. The van der Waals surface area contributed by atoms with Gasteiger partial charge in [-0.3, -0.25) is 0 Å². The van der Waals surface area contributed by atoms with Crippen LogP contribution in [0, 0.1) is 12.7 Å². The maximum Gasteiger partial charge on any atom is 0.374 e. The average Bonchev–Trinajstić information content (AvgIpc) is 2.69. The highest BCUT2D eigenvalue weighted by Crippen LogP contribution is 2.19. The molecule has 8 heteroatoms. The summed E-state index contributed by atoms with van der Waals surface area (Å²) in [6.07, 6.45) is 0.764. The molecule has 0 aliphatic carbocycles. The van der Waals surface area contributed by atoms with E-state index in [1.54, 1.807) is 6.07 Å². The number of hydrogen-bond acceptors (Lipinski definition) is 5. The van der Waals surface area contributed by atoms with E-state index in [9.17, 15) is 17.6 Å². The predicted molar refractivity (Wildman–Crippen MR) is 69.0 cm³/mol. The van der Waals surface area contributed by atoms with Gasteiger partial charge in [-0.1, -0.05) is 12.1 Å². The summed E-state index contributed by atoms with van der Waals surface area (Å²) in [4.78, 5) is 18.4. The molecule has 0 unspecified atom stereocenters. The maximum atomic E-state index is 13.1. The summed E-state index contributed by atoms with van der Waals surface area (Å²) >= 11 is 0. The Balaban J connectivity index is 2.37. The van der Waals surface area contributed by atoms with E-state index in [4.69, 9.17) is 0 Å². The van der Waals surface area contributed by atoms with Gasteiger partial charge in [-0.15, -0.1) is 0 Å². The third-order valence-electron chi connectivity index (χ3n) is 2.40. The third kappa shape index (κ3) is 3.21. The minimum atomic E-state index is -3.91. The van der Waals surface area contributed by atoms with E-state index in [0.29, 0.717) is 11.3 Å². The van der Waals surface area contributed by atoms with Crippen LogP contribution in [0.15, 0.2) is 24.3 Å². The first-order chi connectivity index (χ1) is 9.26. The van der Waals surface area contributed by atoms with E-state index in [1.807, 2.05) is 0 Å². The zero-order valence-electron chi connectivity index (χ0n) is 10.7. The molecule has 106 valence electrons. The largest absolute Gasteiger partial charge is 0.374 e. The second-order valence-electron chi connectivity index (χ2n) is 4.14. The highest BCUT2D eigenvalue weighted by atomic mass is 32.2. The van der Waals surface area contributed by atoms with Crippen LogP contribution in [0.4, 0.5) is 4.39 Å². The molecule has 0 saturated heterocycles. The molecule has 0 aliphatic rings. The Morgan fingerprint density at radius 2 is 2.10 bits per heavy atom. The molecule has 20 heavy (non-hydrogen) atoms. The van der Waals surface area contributed by atoms with Crippen molar-refractivity contribution in [1.82, 2.24) is 9.97 Å². The Morgan fingerprint density at radius 1 is 1.40 bits per heavy atom. The second-order valence-corrected chi connectivity index (χ2v) is 5.72. The Hall–Kier alpha value is -2.22. The lowest BCUT2D eigenvalue weighted by Gasteiger charge is -1.98. The van der Waals surface area contributed by atoms with Crippen molar-refractivity contribution < 1.29 is 21.8 Å². The monoisotopic (exact) mass is 298 g/mol. The molecule has 6 nitrogen and oxygen atoms in total. The predicted octanol–water partition coefficient (Wildman–Crippen LogP) is 1.64. The van der Waals surface area contributed by atoms with Crippen molar-refractivity contribution in [2.75, 3.05) is 6.26 Å². The van der Waals surface area contributed by atoms with Gasteiger partial charge in [0.15, 0.2) is 5.69 Å². The van der Waals surface area contributed by atoms with E-state index in [2.05, 4.69) is 14.2 Å². The lowest BCUT2D eigenvalue weighted by molar-refractivity contribution is 0.0742. The summed E-state index contributed by atoms with van der Waals surface area (Å²) in [5.41, 5.74) is 0.610. The van der Waals surface area contributed by atoms with Gasteiger partial charge in [0.25, 0.3) is 0 Å². The molecule has 1 N–H and O–H groups in total. The van der Waals surface area contributed by atoms with Gasteiger partial charge in [0, 0.05) is 11.3 Å². The van der Waals surface area contributed by atoms with E-state index in [-0.39, 0.29) is 11.5 Å². The summed E-state index contributed by atoms with van der Waals surface area (Å²) in [6.45, 7) is 1.54. The zero-order valence-corrected chi connectivity index (χ0v) is 11.5. The van der Waals surface area contributed by atoms with Gasteiger partial charge in [0.2, 0.25) is 0 Å². The van der Waals surface area contributed by atoms with E-state index in [0.717, 1.165) is 6.26 Å². The minimum Gasteiger partial charge on any atom is -0.341 e. The quantitative estimate of drug-likeness (QED) is 0.870. The summed E-state index contributed by atoms with van der Waals surface area (Å²) < 4.78 is 39.2. The number of aryl methyl sites for hydroxylation is 1. The molecule has 0 bridgehead atoms. The van der Waals surface area contributed by atoms with E-state index >= 15 is 0 Å². The molecule has 1 heterocycles. The van der Waals surface area contributed by atoms with Crippen LogP contribution in [-0.4, -0.2) is 30.6 Å². The fourth-order valence-corrected chi connectivity index (χ4v) is 1.96. The fourth-order valence-electron chi connectivity index (χ4n) is 1.61. The number of carbonyl (C=O) groups is 1. The molecular formula is C12H11FN2O4S. The second kappa shape index (κ2) is 5.04. The van der Waals surface area contributed by atoms with Crippen LogP contribution in [0.3, 0.4) is 0 Å². The summed E-state index contributed by atoms with van der Waals surface area (Å²) in [5.74, 6) is -1.27. The first-order valence-corrected chi connectivity index (χ1v) is 7.34. The van der Waals surface area contributed by atoms with Crippen molar-refractivity contribution >= 4 is 16.1 Å². The zero-order chi connectivity index (χ0) is 14.9. The van der Waals surface area contributed by atoms with Crippen LogP contribution in [0.5, 0.6) is 0 Å². The van der Waals surface area contributed by atoms with Gasteiger partial charge < -0.3 is 9.17 Å². The number of nitrogens with zero attached hydrogens (tertiary/aromatic N) is 1. The lowest BCUT2D eigenvalue weighted by atomic mass is 10.2. The SMILES string of the molecule is Cc1[nH]c(-c2cccc(F)c2)nc1C(=O)OS(C)(=O)=O.